The zero-order chi connectivity index (χ0) is 15.7. The molecule has 22 heavy (non-hydrogen) atoms. The maximum atomic E-state index is 12.9. The molecule has 0 amide bonds. The van der Waals surface area contributed by atoms with Gasteiger partial charge in [0.05, 0.1) is 10.4 Å². The van der Waals surface area contributed by atoms with Crippen molar-refractivity contribution in [3.8, 4) is 0 Å². The van der Waals surface area contributed by atoms with Gasteiger partial charge in [0.1, 0.15) is 0 Å². The van der Waals surface area contributed by atoms with Crippen LogP contribution in [0.3, 0.4) is 0 Å². The van der Waals surface area contributed by atoms with Crippen LogP contribution in [0.25, 0.3) is 10.9 Å². The van der Waals surface area contributed by atoms with Crippen LogP contribution in [0.2, 0.25) is 0 Å². The van der Waals surface area contributed by atoms with Crippen LogP contribution in [0.4, 0.5) is 0 Å². The molecule has 1 unspecified atom stereocenters. The van der Waals surface area contributed by atoms with Crippen LogP contribution < -0.4 is 5.73 Å². The van der Waals surface area contributed by atoms with Crippen LogP contribution in [-0.4, -0.2) is 18.4 Å². The van der Waals surface area contributed by atoms with E-state index in [1.54, 1.807) is 36.5 Å². The van der Waals surface area contributed by atoms with Gasteiger partial charge in [-0.15, -0.1) is 0 Å². The quantitative estimate of drug-likeness (QED) is 0.805. The smallest absolute Gasteiger partial charge is 0.268 e. The fraction of sp³-hybridized carbons (Fsp3) is 0.176. The average Bonchev–Trinajstić information content (AvgIpc) is 2.87. The number of fused-ring (bicyclic) bond motifs is 1. The number of para-hydroxylation sites is 1. The van der Waals surface area contributed by atoms with E-state index in [9.17, 15) is 8.42 Å². The second-order valence-corrected chi connectivity index (χ2v) is 7.28. The molecule has 0 radical (unpaired) electrons. The van der Waals surface area contributed by atoms with Crippen molar-refractivity contribution in [2.45, 2.75) is 24.3 Å². The molecule has 0 spiro atoms. The number of rotatable bonds is 4. The summed E-state index contributed by atoms with van der Waals surface area (Å²) in [7, 11) is -3.60. The molecule has 2 aromatic carbocycles. The Labute approximate surface area is 130 Å². The first-order valence-corrected chi connectivity index (χ1v) is 8.59. The van der Waals surface area contributed by atoms with E-state index in [1.807, 2.05) is 31.2 Å². The van der Waals surface area contributed by atoms with Gasteiger partial charge in [-0.1, -0.05) is 36.4 Å². The third-order valence-electron chi connectivity index (χ3n) is 3.60. The SMILES string of the molecule is CC(N)Cc1cn(S(=O)(=O)c2ccccc2)c2ccccc12. The van der Waals surface area contributed by atoms with Gasteiger partial charge in [-0.2, -0.15) is 0 Å². The lowest BCUT2D eigenvalue weighted by molar-refractivity contribution is 0.589. The van der Waals surface area contributed by atoms with Gasteiger partial charge in [-0.05, 0) is 37.1 Å². The molecule has 2 N–H and O–H groups in total. The lowest BCUT2D eigenvalue weighted by atomic mass is 10.1. The standard InChI is InChI=1S/C17H18N2O2S/c1-13(18)11-14-12-19(17-10-6-5-9-16(14)17)22(20,21)15-7-3-2-4-8-15/h2-10,12-13H,11,18H2,1H3. The van der Waals surface area contributed by atoms with Crippen LogP contribution in [0.15, 0.2) is 65.7 Å². The largest absolute Gasteiger partial charge is 0.328 e. The van der Waals surface area contributed by atoms with Gasteiger partial charge in [-0.25, -0.2) is 12.4 Å². The summed E-state index contributed by atoms with van der Waals surface area (Å²) in [4.78, 5) is 0.281. The molecule has 0 saturated heterocycles. The van der Waals surface area contributed by atoms with Crippen LogP contribution in [0.5, 0.6) is 0 Å². The molecule has 0 bridgehead atoms. The van der Waals surface area contributed by atoms with Gasteiger partial charge in [0.2, 0.25) is 0 Å². The minimum absolute atomic E-state index is 0.0290. The maximum absolute atomic E-state index is 12.9. The molecular formula is C17H18N2O2S. The molecule has 0 fully saturated rings. The van der Waals surface area contributed by atoms with Crippen molar-refractivity contribution in [2.24, 2.45) is 5.73 Å². The molecule has 5 heteroatoms. The topological polar surface area (TPSA) is 65.1 Å². The Morgan fingerprint density at radius 2 is 1.68 bits per heavy atom. The van der Waals surface area contributed by atoms with Gasteiger partial charge in [-0.3, -0.25) is 0 Å². The summed E-state index contributed by atoms with van der Waals surface area (Å²) in [5.74, 6) is 0. The van der Waals surface area contributed by atoms with Gasteiger partial charge in [0.15, 0.2) is 0 Å². The minimum atomic E-state index is -3.60. The monoisotopic (exact) mass is 314 g/mol. The van der Waals surface area contributed by atoms with Crippen molar-refractivity contribution >= 4 is 20.9 Å². The molecule has 3 aromatic rings. The Morgan fingerprint density at radius 3 is 2.36 bits per heavy atom. The van der Waals surface area contributed by atoms with Crippen molar-refractivity contribution in [3.63, 3.8) is 0 Å². The summed E-state index contributed by atoms with van der Waals surface area (Å²) in [6.07, 6.45) is 2.33. The molecule has 3 rings (SSSR count). The first-order chi connectivity index (χ1) is 10.5. The van der Waals surface area contributed by atoms with Crippen molar-refractivity contribution in [3.05, 3.63) is 66.4 Å². The van der Waals surface area contributed by atoms with Crippen LogP contribution in [0.1, 0.15) is 12.5 Å². The van der Waals surface area contributed by atoms with E-state index in [2.05, 4.69) is 0 Å². The second kappa shape index (κ2) is 5.59. The van der Waals surface area contributed by atoms with E-state index in [4.69, 9.17) is 5.73 Å². The van der Waals surface area contributed by atoms with Gasteiger partial charge >= 0.3 is 0 Å². The van der Waals surface area contributed by atoms with Crippen molar-refractivity contribution in [1.82, 2.24) is 3.97 Å². The molecular weight excluding hydrogens is 296 g/mol. The van der Waals surface area contributed by atoms with E-state index in [0.29, 0.717) is 11.9 Å². The van der Waals surface area contributed by atoms with Gasteiger partial charge in [0, 0.05) is 17.6 Å². The van der Waals surface area contributed by atoms with Crippen molar-refractivity contribution in [2.75, 3.05) is 0 Å². The van der Waals surface area contributed by atoms with Crippen molar-refractivity contribution < 1.29 is 8.42 Å². The fourth-order valence-electron chi connectivity index (χ4n) is 2.63. The highest BCUT2D eigenvalue weighted by Gasteiger charge is 2.20. The van der Waals surface area contributed by atoms with E-state index in [-0.39, 0.29) is 10.9 Å². The number of nitrogens with two attached hydrogens (primary N) is 1. The summed E-state index contributed by atoms with van der Waals surface area (Å²) in [6, 6.07) is 15.9. The third kappa shape index (κ3) is 2.53. The number of hydrogen-bond acceptors (Lipinski definition) is 3. The van der Waals surface area contributed by atoms with Crippen molar-refractivity contribution in [1.29, 1.82) is 0 Å². The van der Waals surface area contributed by atoms with E-state index in [1.165, 1.54) is 3.97 Å². The fourth-order valence-corrected chi connectivity index (χ4v) is 4.04. The third-order valence-corrected chi connectivity index (χ3v) is 5.29. The summed E-state index contributed by atoms with van der Waals surface area (Å²) >= 11 is 0. The molecule has 0 aliphatic heterocycles. The Kier molecular flexibility index (Phi) is 3.76. The molecule has 4 nitrogen and oxygen atoms in total. The van der Waals surface area contributed by atoms with Crippen LogP contribution in [0, 0.1) is 0 Å². The highest BCUT2D eigenvalue weighted by molar-refractivity contribution is 7.90. The molecule has 0 saturated carbocycles. The zero-order valence-corrected chi connectivity index (χ0v) is 13.1. The number of nitrogens with zero attached hydrogens (tertiary/aromatic N) is 1. The maximum Gasteiger partial charge on any atom is 0.268 e. The second-order valence-electron chi connectivity index (χ2n) is 5.47. The number of hydrogen-bond donors (Lipinski definition) is 1. The zero-order valence-electron chi connectivity index (χ0n) is 12.3. The normalized spacial score (nSPS) is 13.4. The predicted octanol–water partition coefficient (Wildman–Crippen LogP) is 2.77. The molecule has 1 aromatic heterocycles. The lowest BCUT2D eigenvalue weighted by Gasteiger charge is -2.07. The van der Waals surface area contributed by atoms with Crippen LogP contribution >= 0.6 is 0 Å². The Morgan fingerprint density at radius 1 is 1.05 bits per heavy atom. The summed E-state index contributed by atoms with van der Waals surface area (Å²) in [5.41, 5.74) is 7.52. The number of benzene rings is 2. The predicted molar refractivity (Wildman–Crippen MR) is 88.3 cm³/mol. The summed E-state index contributed by atoms with van der Waals surface area (Å²) < 4.78 is 27.1. The lowest BCUT2D eigenvalue weighted by Crippen LogP contribution is -2.17. The van der Waals surface area contributed by atoms with E-state index >= 15 is 0 Å². The summed E-state index contributed by atoms with van der Waals surface area (Å²) in [5, 5.41) is 0.930. The van der Waals surface area contributed by atoms with Crippen LogP contribution in [-0.2, 0) is 16.4 Å². The van der Waals surface area contributed by atoms with Gasteiger partial charge < -0.3 is 5.73 Å². The van der Waals surface area contributed by atoms with Gasteiger partial charge in [0.25, 0.3) is 10.0 Å². The Balaban J connectivity index is 2.23. The minimum Gasteiger partial charge on any atom is -0.328 e. The van der Waals surface area contributed by atoms with E-state index < -0.39 is 10.0 Å². The molecule has 0 aliphatic carbocycles. The summed E-state index contributed by atoms with van der Waals surface area (Å²) in [6.45, 7) is 1.91. The molecule has 1 atom stereocenters. The Bertz CT molecular complexity index is 897. The average molecular weight is 314 g/mol. The highest BCUT2D eigenvalue weighted by atomic mass is 32.2. The number of aromatic nitrogens is 1. The Hall–Kier alpha value is -2.11. The molecule has 1 heterocycles. The van der Waals surface area contributed by atoms with E-state index in [0.717, 1.165) is 10.9 Å². The molecule has 114 valence electrons. The molecule has 0 aliphatic rings. The highest BCUT2D eigenvalue weighted by Crippen LogP contribution is 2.26. The first-order valence-electron chi connectivity index (χ1n) is 7.15. The first kappa shape index (κ1) is 14.8.